The molecule has 1 aliphatic heterocycles. The summed E-state index contributed by atoms with van der Waals surface area (Å²) in [7, 11) is 0. The number of aryl methyl sites for hydroxylation is 1. The zero-order chi connectivity index (χ0) is 16.1. The maximum Gasteiger partial charge on any atom is 0.217 e. The predicted octanol–water partition coefficient (Wildman–Crippen LogP) is 2.48. The lowest BCUT2D eigenvalue weighted by Crippen LogP contribution is -2.45. The van der Waals surface area contributed by atoms with Gasteiger partial charge in [-0.15, -0.1) is 5.10 Å². The molecule has 3 rings (SSSR count). The third-order valence-corrected chi connectivity index (χ3v) is 4.49. The lowest BCUT2D eigenvalue weighted by molar-refractivity contribution is 0.128. The van der Waals surface area contributed by atoms with Crippen molar-refractivity contribution >= 4 is 0 Å². The number of aromatic nitrogens is 3. The van der Waals surface area contributed by atoms with Crippen LogP contribution in [-0.2, 0) is 13.1 Å². The van der Waals surface area contributed by atoms with Gasteiger partial charge in [-0.1, -0.05) is 20.3 Å². The highest BCUT2D eigenvalue weighted by Crippen LogP contribution is 2.18. The first-order valence-corrected chi connectivity index (χ1v) is 8.72. The third kappa shape index (κ3) is 4.00. The SMILES string of the molecule is CCCCn1nc(-c2ccco2)nc1CN1CCN(CC)CC1. The van der Waals surface area contributed by atoms with E-state index in [4.69, 9.17) is 9.40 Å². The number of hydrogen-bond acceptors (Lipinski definition) is 5. The summed E-state index contributed by atoms with van der Waals surface area (Å²) in [6, 6.07) is 3.80. The van der Waals surface area contributed by atoms with Crippen molar-refractivity contribution in [2.24, 2.45) is 0 Å². The molecule has 0 bridgehead atoms. The van der Waals surface area contributed by atoms with E-state index in [9.17, 15) is 0 Å². The molecule has 0 aliphatic carbocycles. The number of piperazine rings is 1. The van der Waals surface area contributed by atoms with Crippen molar-refractivity contribution in [2.75, 3.05) is 32.7 Å². The molecule has 2 aromatic rings. The molecule has 1 aliphatic rings. The Labute approximate surface area is 138 Å². The van der Waals surface area contributed by atoms with Crippen molar-refractivity contribution < 1.29 is 4.42 Å². The highest BCUT2D eigenvalue weighted by Gasteiger charge is 2.19. The molecule has 0 radical (unpaired) electrons. The first kappa shape index (κ1) is 16.2. The second kappa shape index (κ2) is 7.75. The van der Waals surface area contributed by atoms with E-state index >= 15 is 0 Å². The zero-order valence-corrected chi connectivity index (χ0v) is 14.2. The van der Waals surface area contributed by atoms with Crippen LogP contribution in [0.1, 0.15) is 32.5 Å². The molecule has 0 amide bonds. The van der Waals surface area contributed by atoms with Crippen molar-refractivity contribution in [1.29, 1.82) is 0 Å². The largest absolute Gasteiger partial charge is 0.461 e. The molecule has 6 heteroatoms. The van der Waals surface area contributed by atoms with E-state index in [0.717, 1.165) is 70.2 Å². The molecule has 2 aromatic heterocycles. The fourth-order valence-corrected chi connectivity index (χ4v) is 2.95. The maximum absolute atomic E-state index is 5.45. The highest BCUT2D eigenvalue weighted by molar-refractivity contribution is 5.45. The minimum atomic E-state index is 0.702. The molecular formula is C17H27N5O. The minimum absolute atomic E-state index is 0.702. The molecule has 126 valence electrons. The van der Waals surface area contributed by atoms with E-state index in [2.05, 4.69) is 33.4 Å². The molecule has 1 fully saturated rings. The van der Waals surface area contributed by atoms with Gasteiger partial charge in [0.05, 0.1) is 12.8 Å². The van der Waals surface area contributed by atoms with E-state index in [1.54, 1.807) is 6.26 Å². The average Bonchev–Trinajstić information content (AvgIpc) is 3.23. The Hall–Kier alpha value is -1.66. The van der Waals surface area contributed by atoms with Crippen LogP contribution < -0.4 is 0 Å². The quantitative estimate of drug-likeness (QED) is 0.785. The Kier molecular flexibility index (Phi) is 5.46. The van der Waals surface area contributed by atoms with Gasteiger partial charge in [0.2, 0.25) is 5.82 Å². The van der Waals surface area contributed by atoms with Gasteiger partial charge in [0.1, 0.15) is 5.82 Å². The summed E-state index contributed by atoms with van der Waals surface area (Å²) in [4.78, 5) is 9.71. The summed E-state index contributed by atoms with van der Waals surface area (Å²) in [5.41, 5.74) is 0. The molecule has 6 nitrogen and oxygen atoms in total. The molecule has 0 N–H and O–H groups in total. The predicted molar refractivity (Wildman–Crippen MR) is 90.0 cm³/mol. The number of furan rings is 1. The van der Waals surface area contributed by atoms with Crippen LogP contribution in [0, 0.1) is 0 Å². The van der Waals surface area contributed by atoms with Crippen LogP contribution in [-0.4, -0.2) is 57.3 Å². The lowest BCUT2D eigenvalue weighted by Gasteiger charge is -2.33. The van der Waals surface area contributed by atoms with Crippen LogP contribution in [0.3, 0.4) is 0 Å². The maximum atomic E-state index is 5.45. The van der Waals surface area contributed by atoms with Crippen LogP contribution in [0.2, 0.25) is 0 Å². The van der Waals surface area contributed by atoms with Gasteiger partial charge in [-0.2, -0.15) is 0 Å². The van der Waals surface area contributed by atoms with Gasteiger partial charge >= 0.3 is 0 Å². The summed E-state index contributed by atoms with van der Waals surface area (Å²) in [6.07, 6.45) is 3.95. The van der Waals surface area contributed by atoms with E-state index in [1.165, 1.54) is 0 Å². The Morgan fingerprint density at radius 2 is 1.91 bits per heavy atom. The molecule has 0 aromatic carbocycles. The van der Waals surface area contributed by atoms with Gasteiger partial charge in [0.25, 0.3) is 0 Å². The Morgan fingerprint density at radius 1 is 1.13 bits per heavy atom. The van der Waals surface area contributed by atoms with E-state index in [0.29, 0.717) is 5.82 Å². The molecule has 0 saturated carbocycles. The van der Waals surface area contributed by atoms with Crippen LogP contribution in [0.5, 0.6) is 0 Å². The van der Waals surface area contributed by atoms with Gasteiger partial charge in [-0.05, 0) is 25.1 Å². The second-order valence-corrected chi connectivity index (χ2v) is 6.12. The van der Waals surface area contributed by atoms with Gasteiger partial charge in [-0.25, -0.2) is 9.67 Å². The average molecular weight is 317 g/mol. The summed E-state index contributed by atoms with van der Waals surface area (Å²) in [6.45, 7) is 11.9. The smallest absolute Gasteiger partial charge is 0.217 e. The second-order valence-electron chi connectivity index (χ2n) is 6.12. The van der Waals surface area contributed by atoms with E-state index < -0.39 is 0 Å². The molecular weight excluding hydrogens is 290 g/mol. The van der Waals surface area contributed by atoms with Gasteiger partial charge < -0.3 is 9.32 Å². The number of rotatable bonds is 7. The lowest BCUT2D eigenvalue weighted by atomic mass is 10.3. The van der Waals surface area contributed by atoms with Crippen LogP contribution in [0.15, 0.2) is 22.8 Å². The fourth-order valence-electron chi connectivity index (χ4n) is 2.95. The van der Waals surface area contributed by atoms with E-state index in [1.807, 2.05) is 12.1 Å². The summed E-state index contributed by atoms with van der Waals surface area (Å²) >= 11 is 0. The van der Waals surface area contributed by atoms with Crippen molar-refractivity contribution in [1.82, 2.24) is 24.6 Å². The monoisotopic (exact) mass is 317 g/mol. The summed E-state index contributed by atoms with van der Waals surface area (Å²) < 4.78 is 7.52. The molecule has 3 heterocycles. The van der Waals surface area contributed by atoms with E-state index in [-0.39, 0.29) is 0 Å². The Balaban J connectivity index is 1.71. The van der Waals surface area contributed by atoms with Gasteiger partial charge in [0.15, 0.2) is 5.76 Å². The third-order valence-electron chi connectivity index (χ3n) is 4.49. The molecule has 0 unspecified atom stereocenters. The van der Waals surface area contributed by atoms with Crippen LogP contribution in [0.25, 0.3) is 11.6 Å². The molecule has 0 spiro atoms. The Bertz CT molecular complexity index is 584. The first-order valence-electron chi connectivity index (χ1n) is 8.72. The normalized spacial score (nSPS) is 17.0. The number of hydrogen-bond donors (Lipinski definition) is 0. The van der Waals surface area contributed by atoms with Gasteiger partial charge in [0, 0.05) is 32.7 Å². The highest BCUT2D eigenvalue weighted by atomic mass is 16.3. The van der Waals surface area contributed by atoms with Gasteiger partial charge in [-0.3, -0.25) is 4.90 Å². The first-order chi connectivity index (χ1) is 11.3. The van der Waals surface area contributed by atoms with Crippen molar-refractivity contribution in [3.63, 3.8) is 0 Å². The zero-order valence-electron chi connectivity index (χ0n) is 14.2. The molecule has 0 atom stereocenters. The topological polar surface area (TPSA) is 50.3 Å². The van der Waals surface area contributed by atoms with Crippen molar-refractivity contribution in [3.8, 4) is 11.6 Å². The van der Waals surface area contributed by atoms with Crippen LogP contribution in [0.4, 0.5) is 0 Å². The van der Waals surface area contributed by atoms with Crippen molar-refractivity contribution in [3.05, 3.63) is 24.2 Å². The van der Waals surface area contributed by atoms with Crippen LogP contribution >= 0.6 is 0 Å². The van der Waals surface area contributed by atoms with Crippen molar-refractivity contribution in [2.45, 2.75) is 39.8 Å². The molecule has 23 heavy (non-hydrogen) atoms. The number of nitrogens with zero attached hydrogens (tertiary/aromatic N) is 5. The standard InChI is InChI=1S/C17H27N5O/c1-3-5-8-22-16(14-21-11-9-20(4-2)10-12-21)18-17(19-22)15-7-6-13-23-15/h6-7,13H,3-5,8-12,14H2,1-2H3. The summed E-state index contributed by atoms with van der Waals surface area (Å²) in [5, 5.41) is 4.66. The fraction of sp³-hybridized carbons (Fsp3) is 0.647. The number of likely N-dealkylation sites (N-methyl/N-ethyl adjacent to an activating group) is 1. The minimum Gasteiger partial charge on any atom is -0.461 e. The Morgan fingerprint density at radius 3 is 2.57 bits per heavy atom. The molecule has 1 saturated heterocycles. The number of unbranched alkanes of at least 4 members (excludes halogenated alkanes) is 1. The summed E-state index contributed by atoms with van der Waals surface area (Å²) in [5.74, 6) is 2.50.